The van der Waals surface area contributed by atoms with Crippen molar-refractivity contribution in [2.24, 2.45) is 5.92 Å². The molecule has 0 atom stereocenters. The summed E-state index contributed by atoms with van der Waals surface area (Å²) in [5.41, 5.74) is 0. The highest BCUT2D eigenvalue weighted by molar-refractivity contribution is 6.00. The zero-order valence-electron chi connectivity index (χ0n) is 12.4. The topological polar surface area (TPSA) is 122 Å². The average Bonchev–Trinajstić information content (AvgIpc) is 2.47. The quantitative estimate of drug-likeness (QED) is 0.317. The molecule has 0 aromatic carbocycles. The summed E-state index contributed by atoms with van der Waals surface area (Å²) in [4.78, 5) is 27.2. The predicted octanol–water partition coefficient (Wildman–Crippen LogP) is -2.36. The van der Waals surface area contributed by atoms with E-state index in [2.05, 4.69) is 0 Å². The van der Waals surface area contributed by atoms with Crippen LogP contribution in [-0.2, 0) is 9.59 Å². The molecule has 0 unspecified atom stereocenters. The molecule has 0 aromatic rings. The smallest absolute Gasteiger partial charge is 0.235 e. The molecule has 4 N–H and O–H groups in total. The van der Waals surface area contributed by atoms with Crippen LogP contribution in [0.3, 0.4) is 0 Å². The Morgan fingerprint density at radius 3 is 1.24 bits per heavy atom. The van der Waals surface area contributed by atoms with Crippen molar-refractivity contribution in [3.05, 3.63) is 0 Å². The van der Waals surface area contributed by atoms with Gasteiger partial charge in [0.05, 0.1) is 26.4 Å². The minimum Gasteiger partial charge on any atom is -0.395 e. The molecule has 0 rings (SSSR count). The van der Waals surface area contributed by atoms with Crippen molar-refractivity contribution in [1.29, 1.82) is 0 Å². The maximum atomic E-state index is 12.3. The number of hydrogen-bond donors (Lipinski definition) is 4. The first-order valence-electron chi connectivity index (χ1n) is 7.08. The van der Waals surface area contributed by atoms with Crippen molar-refractivity contribution in [1.82, 2.24) is 9.80 Å². The largest absolute Gasteiger partial charge is 0.395 e. The lowest BCUT2D eigenvalue weighted by Gasteiger charge is -2.29. The fraction of sp³-hybridized carbons (Fsp3) is 0.846. The predicted molar refractivity (Wildman–Crippen MR) is 75.3 cm³/mol. The molecule has 0 fully saturated rings. The van der Waals surface area contributed by atoms with E-state index in [1.54, 1.807) is 6.92 Å². The van der Waals surface area contributed by atoms with Crippen LogP contribution in [0.25, 0.3) is 0 Å². The van der Waals surface area contributed by atoms with Crippen molar-refractivity contribution in [3.8, 4) is 0 Å². The highest BCUT2D eigenvalue weighted by Crippen LogP contribution is 2.12. The number of aliphatic hydroxyl groups excluding tert-OH is 4. The molecule has 0 saturated heterocycles. The minimum absolute atomic E-state index is 0.0448. The third-order valence-corrected chi connectivity index (χ3v) is 3.11. The van der Waals surface area contributed by atoms with Gasteiger partial charge in [-0.3, -0.25) is 9.59 Å². The molecule has 0 aliphatic rings. The summed E-state index contributed by atoms with van der Waals surface area (Å²) >= 11 is 0. The normalized spacial score (nSPS) is 10.8. The summed E-state index contributed by atoms with van der Waals surface area (Å²) in [5, 5.41) is 35.8. The van der Waals surface area contributed by atoms with Crippen LogP contribution >= 0.6 is 0 Å². The Morgan fingerprint density at radius 2 is 1.05 bits per heavy atom. The first-order valence-corrected chi connectivity index (χ1v) is 7.08. The summed E-state index contributed by atoms with van der Waals surface area (Å²) < 4.78 is 0. The molecule has 0 heterocycles. The van der Waals surface area contributed by atoms with Gasteiger partial charge in [-0.05, 0) is 6.42 Å². The van der Waals surface area contributed by atoms with E-state index in [4.69, 9.17) is 20.4 Å². The first-order chi connectivity index (χ1) is 10.1. The molecule has 0 aliphatic heterocycles. The first kappa shape index (κ1) is 19.8. The Labute approximate surface area is 124 Å². The molecule has 0 aromatic heterocycles. The second kappa shape index (κ2) is 11.4. The van der Waals surface area contributed by atoms with Crippen molar-refractivity contribution < 1.29 is 30.0 Å². The van der Waals surface area contributed by atoms with Gasteiger partial charge < -0.3 is 30.2 Å². The third kappa shape index (κ3) is 6.38. The van der Waals surface area contributed by atoms with Crippen LogP contribution in [0.2, 0.25) is 0 Å². The average molecular weight is 306 g/mol. The molecule has 0 aliphatic carbocycles. The standard InChI is InChI=1S/C13H26N2O6/c1-2-11(12(20)14(3-7-16)4-8-17)13(21)15(5-9-18)6-10-19/h11,16-19H,2-10H2,1H3. The van der Waals surface area contributed by atoms with Gasteiger partial charge in [-0.25, -0.2) is 0 Å². The van der Waals surface area contributed by atoms with Crippen LogP contribution in [0.5, 0.6) is 0 Å². The Hall–Kier alpha value is -1.22. The molecule has 0 radical (unpaired) electrons. The monoisotopic (exact) mass is 306 g/mol. The van der Waals surface area contributed by atoms with Gasteiger partial charge in [0.15, 0.2) is 0 Å². The third-order valence-electron chi connectivity index (χ3n) is 3.11. The van der Waals surface area contributed by atoms with Crippen LogP contribution in [-0.4, -0.2) is 94.6 Å². The van der Waals surface area contributed by atoms with Crippen molar-refractivity contribution in [2.75, 3.05) is 52.6 Å². The zero-order valence-corrected chi connectivity index (χ0v) is 12.4. The lowest BCUT2D eigenvalue weighted by molar-refractivity contribution is -0.148. The van der Waals surface area contributed by atoms with Crippen molar-refractivity contribution in [2.45, 2.75) is 13.3 Å². The maximum Gasteiger partial charge on any atom is 0.235 e. The summed E-state index contributed by atoms with van der Waals surface area (Å²) in [6.07, 6.45) is 0.262. The lowest BCUT2D eigenvalue weighted by atomic mass is 10.0. The molecule has 0 saturated carbocycles. The molecular formula is C13H26N2O6. The molecule has 0 bridgehead atoms. The highest BCUT2D eigenvalue weighted by atomic mass is 16.3. The van der Waals surface area contributed by atoms with Crippen LogP contribution in [0.15, 0.2) is 0 Å². The zero-order chi connectivity index (χ0) is 16.3. The number of hydrogen-bond acceptors (Lipinski definition) is 6. The maximum absolute atomic E-state index is 12.3. The van der Waals surface area contributed by atoms with Gasteiger partial charge in [0.2, 0.25) is 11.8 Å². The highest BCUT2D eigenvalue weighted by Gasteiger charge is 2.31. The molecule has 21 heavy (non-hydrogen) atoms. The Morgan fingerprint density at radius 1 is 0.762 bits per heavy atom. The number of nitrogens with zero attached hydrogens (tertiary/aromatic N) is 2. The van der Waals surface area contributed by atoms with Crippen LogP contribution in [0.1, 0.15) is 13.3 Å². The molecule has 8 heteroatoms. The van der Waals surface area contributed by atoms with E-state index < -0.39 is 17.7 Å². The number of aliphatic hydroxyl groups is 4. The molecule has 8 nitrogen and oxygen atoms in total. The van der Waals surface area contributed by atoms with E-state index in [0.29, 0.717) is 0 Å². The van der Waals surface area contributed by atoms with Gasteiger partial charge in [-0.1, -0.05) is 6.92 Å². The minimum atomic E-state index is -0.943. The number of rotatable bonds is 11. The second-order valence-electron chi connectivity index (χ2n) is 4.51. The second-order valence-corrected chi connectivity index (χ2v) is 4.51. The van der Waals surface area contributed by atoms with Crippen LogP contribution < -0.4 is 0 Å². The van der Waals surface area contributed by atoms with Gasteiger partial charge in [0.1, 0.15) is 5.92 Å². The van der Waals surface area contributed by atoms with Gasteiger partial charge >= 0.3 is 0 Å². The van der Waals surface area contributed by atoms with E-state index in [0.717, 1.165) is 0 Å². The SMILES string of the molecule is CCC(C(=O)N(CCO)CCO)C(=O)N(CCO)CCO. The summed E-state index contributed by atoms with van der Waals surface area (Å²) in [6, 6.07) is 0. The number of amides is 2. The summed E-state index contributed by atoms with van der Waals surface area (Å²) in [5.74, 6) is -1.88. The van der Waals surface area contributed by atoms with E-state index in [1.807, 2.05) is 0 Å². The van der Waals surface area contributed by atoms with Gasteiger partial charge in [-0.15, -0.1) is 0 Å². The number of carbonyl (C=O) groups is 2. The molecule has 2 amide bonds. The fourth-order valence-corrected chi connectivity index (χ4v) is 2.04. The number of carbonyl (C=O) groups excluding carboxylic acids is 2. The van der Waals surface area contributed by atoms with E-state index >= 15 is 0 Å². The molecule has 0 spiro atoms. The Balaban J connectivity index is 4.99. The fourth-order valence-electron chi connectivity index (χ4n) is 2.04. The van der Waals surface area contributed by atoms with E-state index in [-0.39, 0.29) is 59.0 Å². The van der Waals surface area contributed by atoms with Gasteiger partial charge in [-0.2, -0.15) is 0 Å². The molecular weight excluding hydrogens is 280 g/mol. The van der Waals surface area contributed by atoms with E-state index in [9.17, 15) is 9.59 Å². The summed E-state index contributed by atoms with van der Waals surface area (Å²) in [6.45, 7) is 0.840. The molecule has 124 valence electrons. The van der Waals surface area contributed by atoms with Gasteiger partial charge in [0, 0.05) is 26.2 Å². The van der Waals surface area contributed by atoms with Crippen molar-refractivity contribution in [3.63, 3.8) is 0 Å². The van der Waals surface area contributed by atoms with Crippen LogP contribution in [0, 0.1) is 5.92 Å². The van der Waals surface area contributed by atoms with Gasteiger partial charge in [0.25, 0.3) is 0 Å². The Kier molecular flexibility index (Phi) is 10.8. The van der Waals surface area contributed by atoms with Crippen LogP contribution in [0.4, 0.5) is 0 Å². The van der Waals surface area contributed by atoms with Crippen molar-refractivity contribution >= 4 is 11.8 Å². The lowest BCUT2D eigenvalue weighted by Crippen LogP contribution is -2.48. The Bertz CT molecular complexity index is 273. The summed E-state index contributed by atoms with van der Waals surface area (Å²) in [7, 11) is 0. The van der Waals surface area contributed by atoms with E-state index in [1.165, 1.54) is 9.80 Å².